The van der Waals surface area contributed by atoms with Gasteiger partial charge in [-0.05, 0) is 18.4 Å². The lowest BCUT2D eigenvalue weighted by molar-refractivity contribution is -0.00973. The van der Waals surface area contributed by atoms with Gasteiger partial charge in [0.2, 0.25) is 0 Å². The molecule has 1 aliphatic heterocycles. The summed E-state index contributed by atoms with van der Waals surface area (Å²) in [4.78, 5) is 0. The SMILES string of the molecule is CSC#CC1(C)CNCCO1. The third kappa shape index (κ3) is 2.74. The summed E-state index contributed by atoms with van der Waals surface area (Å²) in [5.74, 6) is 3.08. The van der Waals surface area contributed by atoms with Crippen LogP contribution < -0.4 is 5.32 Å². The van der Waals surface area contributed by atoms with Crippen LogP contribution in [0.25, 0.3) is 0 Å². The molecule has 0 radical (unpaired) electrons. The Hall–Kier alpha value is -0.170. The zero-order valence-corrected chi connectivity index (χ0v) is 7.75. The van der Waals surface area contributed by atoms with Crippen LogP contribution in [0.15, 0.2) is 0 Å². The van der Waals surface area contributed by atoms with Gasteiger partial charge in [-0.25, -0.2) is 0 Å². The van der Waals surface area contributed by atoms with Gasteiger partial charge in [0.05, 0.1) is 6.61 Å². The van der Waals surface area contributed by atoms with Gasteiger partial charge in [0, 0.05) is 13.1 Å². The first-order chi connectivity index (χ1) is 5.27. The number of rotatable bonds is 0. The molecule has 0 bridgehead atoms. The minimum absolute atomic E-state index is 0.263. The van der Waals surface area contributed by atoms with Gasteiger partial charge in [-0.2, -0.15) is 0 Å². The molecule has 1 fully saturated rings. The molecule has 1 rings (SSSR count). The van der Waals surface area contributed by atoms with E-state index in [1.165, 1.54) is 11.8 Å². The molecule has 0 spiro atoms. The Morgan fingerprint density at radius 1 is 1.64 bits per heavy atom. The normalized spacial score (nSPS) is 30.7. The van der Waals surface area contributed by atoms with Gasteiger partial charge < -0.3 is 10.1 Å². The number of morpholine rings is 1. The second-order valence-corrected chi connectivity index (χ2v) is 3.30. The molecule has 0 aliphatic carbocycles. The van der Waals surface area contributed by atoms with Crippen LogP contribution in [0.1, 0.15) is 6.92 Å². The predicted molar refractivity (Wildman–Crippen MR) is 48.5 cm³/mol. The molecule has 1 atom stereocenters. The second kappa shape index (κ2) is 4.01. The Morgan fingerprint density at radius 2 is 2.45 bits per heavy atom. The zero-order chi connectivity index (χ0) is 8.16. The van der Waals surface area contributed by atoms with Crippen molar-refractivity contribution in [3.63, 3.8) is 0 Å². The Balaban J connectivity index is 2.49. The minimum atomic E-state index is -0.263. The van der Waals surface area contributed by atoms with E-state index in [1.54, 1.807) is 0 Å². The molecule has 0 aromatic heterocycles. The van der Waals surface area contributed by atoms with Crippen molar-refractivity contribution in [2.45, 2.75) is 12.5 Å². The van der Waals surface area contributed by atoms with Gasteiger partial charge in [-0.15, -0.1) is 0 Å². The number of thioether (sulfide) groups is 1. The number of hydrogen-bond donors (Lipinski definition) is 1. The first kappa shape index (κ1) is 8.92. The molecule has 0 saturated carbocycles. The van der Waals surface area contributed by atoms with Crippen LogP contribution in [0, 0.1) is 11.2 Å². The Bertz CT molecular complexity index is 176. The van der Waals surface area contributed by atoms with E-state index in [-0.39, 0.29) is 5.60 Å². The third-order valence-corrected chi connectivity index (χ3v) is 1.89. The summed E-state index contributed by atoms with van der Waals surface area (Å²) in [5.41, 5.74) is -0.263. The van der Waals surface area contributed by atoms with Crippen molar-refractivity contribution in [2.75, 3.05) is 26.0 Å². The standard InChI is InChI=1S/C8H13NOS/c1-8(3-6-11-2)7-9-4-5-10-8/h9H,4-5,7H2,1-2H3. The summed E-state index contributed by atoms with van der Waals surface area (Å²) in [5, 5.41) is 6.21. The first-order valence-corrected chi connectivity index (χ1v) is 4.89. The van der Waals surface area contributed by atoms with Gasteiger partial charge in [0.15, 0.2) is 0 Å². The molecule has 1 aliphatic rings. The van der Waals surface area contributed by atoms with Crippen molar-refractivity contribution >= 4 is 11.8 Å². The average Bonchev–Trinajstić information content (AvgIpc) is 2.03. The smallest absolute Gasteiger partial charge is 0.139 e. The van der Waals surface area contributed by atoms with Crippen molar-refractivity contribution in [3.8, 4) is 11.2 Å². The molecule has 3 heteroatoms. The molecule has 2 nitrogen and oxygen atoms in total. The van der Waals surface area contributed by atoms with Gasteiger partial charge >= 0.3 is 0 Å². The molecular weight excluding hydrogens is 158 g/mol. The Morgan fingerprint density at radius 3 is 3.00 bits per heavy atom. The molecule has 11 heavy (non-hydrogen) atoms. The van der Waals surface area contributed by atoms with Crippen molar-refractivity contribution in [1.82, 2.24) is 5.32 Å². The third-order valence-electron chi connectivity index (χ3n) is 1.58. The fraction of sp³-hybridized carbons (Fsp3) is 0.750. The summed E-state index contributed by atoms with van der Waals surface area (Å²) >= 11 is 1.52. The summed E-state index contributed by atoms with van der Waals surface area (Å²) < 4.78 is 5.52. The molecule has 0 amide bonds. The molecule has 0 aromatic carbocycles. The minimum Gasteiger partial charge on any atom is -0.360 e. The number of ether oxygens (including phenoxy) is 1. The molecule has 0 aromatic rings. The van der Waals surface area contributed by atoms with Gasteiger partial charge in [-0.3, -0.25) is 0 Å². The van der Waals surface area contributed by atoms with Crippen molar-refractivity contribution < 1.29 is 4.74 Å². The maximum absolute atomic E-state index is 5.52. The molecule has 1 unspecified atom stereocenters. The molecule has 1 heterocycles. The van der Waals surface area contributed by atoms with E-state index in [4.69, 9.17) is 4.74 Å². The van der Waals surface area contributed by atoms with Gasteiger partial charge in [0.25, 0.3) is 0 Å². The average molecular weight is 171 g/mol. The molecule has 1 saturated heterocycles. The highest BCUT2D eigenvalue weighted by atomic mass is 32.2. The van der Waals surface area contributed by atoms with E-state index in [9.17, 15) is 0 Å². The Kier molecular flexibility index (Phi) is 3.25. The fourth-order valence-electron chi connectivity index (χ4n) is 0.966. The summed E-state index contributed by atoms with van der Waals surface area (Å²) in [6.45, 7) is 4.55. The summed E-state index contributed by atoms with van der Waals surface area (Å²) in [6, 6.07) is 0. The van der Waals surface area contributed by atoms with Crippen LogP contribution in [0.5, 0.6) is 0 Å². The van der Waals surface area contributed by atoms with E-state index < -0.39 is 0 Å². The summed E-state index contributed by atoms with van der Waals surface area (Å²) in [7, 11) is 0. The van der Waals surface area contributed by atoms with E-state index >= 15 is 0 Å². The second-order valence-electron chi connectivity index (χ2n) is 2.69. The van der Waals surface area contributed by atoms with Gasteiger partial charge in [0.1, 0.15) is 5.60 Å². The topological polar surface area (TPSA) is 21.3 Å². The van der Waals surface area contributed by atoms with E-state index in [0.717, 1.165) is 19.7 Å². The lowest BCUT2D eigenvalue weighted by Crippen LogP contribution is -2.46. The fourth-order valence-corrected chi connectivity index (χ4v) is 1.28. The predicted octanol–water partition coefficient (Wildman–Crippen LogP) is 0.689. The summed E-state index contributed by atoms with van der Waals surface area (Å²) in [6.07, 6.45) is 1.96. The molecule has 62 valence electrons. The molecule has 1 N–H and O–H groups in total. The highest BCUT2D eigenvalue weighted by Crippen LogP contribution is 2.10. The van der Waals surface area contributed by atoms with Crippen molar-refractivity contribution in [2.24, 2.45) is 0 Å². The van der Waals surface area contributed by atoms with Crippen LogP contribution >= 0.6 is 11.8 Å². The maximum atomic E-state index is 5.52. The first-order valence-electron chi connectivity index (χ1n) is 3.67. The van der Waals surface area contributed by atoms with E-state index in [2.05, 4.69) is 16.5 Å². The van der Waals surface area contributed by atoms with E-state index in [0.29, 0.717) is 0 Å². The van der Waals surface area contributed by atoms with Crippen LogP contribution in [0.4, 0.5) is 0 Å². The maximum Gasteiger partial charge on any atom is 0.139 e. The quantitative estimate of drug-likeness (QED) is 0.542. The van der Waals surface area contributed by atoms with Gasteiger partial charge in [-0.1, -0.05) is 17.7 Å². The highest BCUT2D eigenvalue weighted by molar-refractivity contribution is 8.03. The van der Waals surface area contributed by atoms with Crippen LogP contribution in [0.2, 0.25) is 0 Å². The van der Waals surface area contributed by atoms with Crippen LogP contribution in [-0.2, 0) is 4.74 Å². The molecular formula is C8H13NOS. The van der Waals surface area contributed by atoms with Crippen LogP contribution in [0.3, 0.4) is 0 Å². The monoisotopic (exact) mass is 171 g/mol. The van der Waals surface area contributed by atoms with E-state index in [1.807, 2.05) is 13.2 Å². The highest BCUT2D eigenvalue weighted by Gasteiger charge is 2.24. The number of hydrogen-bond acceptors (Lipinski definition) is 3. The lowest BCUT2D eigenvalue weighted by Gasteiger charge is -2.29. The zero-order valence-electron chi connectivity index (χ0n) is 6.94. The number of nitrogens with one attached hydrogen (secondary N) is 1. The lowest BCUT2D eigenvalue weighted by atomic mass is 10.1. The Labute approximate surface area is 72.1 Å². The van der Waals surface area contributed by atoms with Crippen LogP contribution in [-0.4, -0.2) is 31.6 Å². The largest absolute Gasteiger partial charge is 0.360 e. The van der Waals surface area contributed by atoms with Crippen molar-refractivity contribution in [3.05, 3.63) is 0 Å². The van der Waals surface area contributed by atoms with Crippen molar-refractivity contribution in [1.29, 1.82) is 0 Å².